The summed E-state index contributed by atoms with van der Waals surface area (Å²) >= 11 is 4.02. The number of aromatic carboxylic acids is 2. The van der Waals surface area contributed by atoms with Gasteiger partial charge in [0.15, 0.2) is 0 Å². The van der Waals surface area contributed by atoms with E-state index >= 15 is 0 Å². The largest absolute Gasteiger partial charge is 0.478 e. The van der Waals surface area contributed by atoms with E-state index in [0.717, 1.165) is 6.07 Å². The minimum atomic E-state index is -1.13. The smallest absolute Gasteiger partial charge is 0.336 e. The maximum absolute atomic E-state index is 10.9. The fourth-order valence-electron chi connectivity index (χ4n) is 1.34. The molecule has 2 N–H and O–H groups in total. The average Bonchev–Trinajstić information content (AvgIpc) is 2.16. The van der Waals surface area contributed by atoms with E-state index in [1.165, 1.54) is 6.07 Å². The highest BCUT2D eigenvalue weighted by molar-refractivity contribution is 7.79. The van der Waals surface area contributed by atoms with Crippen LogP contribution in [0.2, 0.25) is 0 Å². The molecule has 0 fully saturated rings. The van der Waals surface area contributed by atoms with Crippen molar-refractivity contribution >= 4 is 24.6 Å². The van der Waals surface area contributed by atoms with Crippen molar-refractivity contribution in [3.05, 3.63) is 34.4 Å². The summed E-state index contributed by atoms with van der Waals surface area (Å²) in [6.07, 6.45) is 0. The Morgan fingerprint density at radius 3 is 2.27 bits per heavy atom. The molecule has 0 aromatic heterocycles. The first kappa shape index (κ1) is 11.6. The first-order valence-electron chi connectivity index (χ1n) is 4.18. The number of hydrogen-bond donors (Lipinski definition) is 3. The van der Waals surface area contributed by atoms with Crippen molar-refractivity contribution in [1.29, 1.82) is 0 Å². The predicted molar refractivity (Wildman–Crippen MR) is 57.8 cm³/mol. The van der Waals surface area contributed by atoms with E-state index in [1.807, 2.05) is 0 Å². The molecule has 0 aliphatic carbocycles. The van der Waals surface area contributed by atoms with Crippen LogP contribution in [0.25, 0.3) is 0 Å². The van der Waals surface area contributed by atoms with Gasteiger partial charge in [0.05, 0.1) is 11.1 Å². The van der Waals surface area contributed by atoms with E-state index in [-0.39, 0.29) is 16.9 Å². The van der Waals surface area contributed by atoms with E-state index in [4.69, 9.17) is 10.2 Å². The normalized spacial score (nSPS) is 10.0. The van der Waals surface area contributed by atoms with Crippen LogP contribution in [0.15, 0.2) is 12.1 Å². The van der Waals surface area contributed by atoms with Crippen LogP contribution in [0.5, 0.6) is 0 Å². The maximum atomic E-state index is 10.9. The van der Waals surface area contributed by atoms with Gasteiger partial charge < -0.3 is 10.2 Å². The Kier molecular flexibility index (Phi) is 3.36. The van der Waals surface area contributed by atoms with Gasteiger partial charge in [0.1, 0.15) is 0 Å². The highest BCUT2D eigenvalue weighted by Gasteiger charge is 2.15. The van der Waals surface area contributed by atoms with Gasteiger partial charge in [-0.05, 0) is 30.2 Å². The average molecular weight is 226 g/mol. The van der Waals surface area contributed by atoms with Crippen LogP contribution < -0.4 is 0 Å². The van der Waals surface area contributed by atoms with Crippen LogP contribution in [-0.2, 0) is 5.75 Å². The Labute approximate surface area is 92.0 Å². The van der Waals surface area contributed by atoms with Gasteiger partial charge in [0.25, 0.3) is 0 Å². The fraction of sp³-hybridized carbons (Fsp3) is 0.200. The number of benzene rings is 1. The lowest BCUT2D eigenvalue weighted by atomic mass is 9.99. The molecule has 80 valence electrons. The lowest BCUT2D eigenvalue weighted by Crippen LogP contribution is -2.07. The predicted octanol–water partition coefficient (Wildman–Crippen LogP) is 1.82. The molecular formula is C10H10O4S. The molecule has 0 aliphatic heterocycles. The minimum Gasteiger partial charge on any atom is -0.478 e. The van der Waals surface area contributed by atoms with Gasteiger partial charge in [-0.1, -0.05) is 0 Å². The Balaban J connectivity index is 3.45. The molecule has 0 saturated carbocycles. The molecule has 0 aliphatic rings. The van der Waals surface area contributed by atoms with E-state index in [9.17, 15) is 9.59 Å². The molecule has 5 heteroatoms. The van der Waals surface area contributed by atoms with Gasteiger partial charge in [0.2, 0.25) is 0 Å². The summed E-state index contributed by atoms with van der Waals surface area (Å²) in [6.45, 7) is 1.67. The van der Waals surface area contributed by atoms with Gasteiger partial charge >= 0.3 is 11.9 Å². The first-order valence-corrected chi connectivity index (χ1v) is 4.81. The number of rotatable bonds is 3. The zero-order chi connectivity index (χ0) is 11.6. The molecule has 0 heterocycles. The molecular weight excluding hydrogens is 216 g/mol. The summed E-state index contributed by atoms with van der Waals surface area (Å²) in [5.74, 6) is -2.00. The molecule has 0 atom stereocenters. The van der Waals surface area contributed by atoms with Crippen LogP contribution in [0.1, 0.15) is 31.8 Å². The molecule has 0 radical (unpaired) electrons. The van der Waals surface area contributed by atoms with E-state index in [1.54, 1.807) is 6.92 Å². The summed E-state index contributed by atoms with van der Waals surface area (Å²) in [4.78, 5) is 21.6. The molecule has 1 rings (SSSR count). The lowest BCUT2D eigenvalue weighted by Gasteiger charge is -2.08. The van der Waals surface area contributed by atoms with Crippen molar-refractivity contribution in [2.75, 3.05) is 0 Å². The molecule has 0 bridgehead atoms. The number of thiol groups is 1. The second kappa shape index (κ2) is 4.35. The van der Waals surface area contributed by atoms with Crippen LogP contribution >= 0.6 is 12.6 Å². The Bertz CT molecular complexity index is 426. The highest BCUT2D eigenvalue weighted by Crippen LogP contribution is 2.19. The second-order valence-electron chi connectivity index (χ2n) is 3.09. The van der Waals surface area contributed by atoms with Crippen molar-refractivity contribution in [1.82, 2.24) is 0 Å². The zero-order valence-electron chi connectivity index (χ0n) is 8.02. The summed E-state index contributed by atoms with van der Waals surface area (Å²) in [5.41, 5.74) is 1.16. The third kappa shape index (κ3) is 2.30. The summed E-state index contributed by atoms with van der Waals surface area (Å²) in [7, 11) is 0. The van der Waals surface area contributed by atoms with Gasteiger partial charge in [-0.3, -0.25) is 0 Å². The molecule has 4 nitrogen and oxygen atoms in total. The number of carboxylic acid groups (broad SMARTS) is 2. The highest BCUT2D eigenvalue weighted by atomic mass is 32.1. The van der Waals surface area contributed by atoms with Gasteiger partial charge in [-0.15, -0.1) is 0 Å². The second-order valence-corrected chi connectivity index (χ2v) is 3.40. The Hall–Kier alpha value is -1.49. The molecule has 0 saturated heterocycles. The topological polar surface area (TPSA) is 74.6 Å². The number of hydrogen-bond acceptors (Lipinski definition) is 3. The SMILES string of the molecule is Cc1cc(C(=O)O)cc(C(=O)O)c1CS. The lowest BCUT2D eigenvalue weighted by molar-refractivity contribution is 0.0695. The number of aryl methyl sites for hydroxylation is 1. The van der Waals surface area contributed by atoms with Gasteiger partial charge in [-0.25, -0.2) is 9.59 Å². The summed E-state index contributed by atoms with van der Waals surface area (Å²) in [6, 6.07) is 2.60. The van der Waals surface area contributed by atoms with Gasteiger partial charge in [-0.2, -0.15) is 12.6 Å². The van der Waals surface area contributed by atoms with E-state index in [2.05, 4.69) is 12.6 Å². The third-order valence-electron chi connectivity index (χ3n) is 2.11. The van der Waals surface area contributed by atoms with E-state index in [0.29, 0.717) is 11.1 Å². The standard InChI is InChI=1S/C10H10O4S/c1-5-2-6(9(11)12)3-7(10(13)14)8(5)4-15/h2-3,15H,4H2,1H3,(H,11,12)(H,13,14). The minimum absolute atomic E-state index is 0.00222. The Morgan fingerprint density at radius 2 is 1.87 bits per heavy atom. The molecule has 0 spiro atoms. The van der Waals surface area contributed by atoms with Gasteiger partial charge in [0, 0.05) is 5.75 Å². The number of carboxylic acids is 2. The fourth-order valence-corrected chi connectivity index (χ4v) is 1.76. The van der Waals surface area contributed by atoms with Crippen LogP contribution in [0, 0.1) is 6.92 Å². The molecule has 1 aromatic rings. The maximum Gasteiger partial charge on any atom is 0.336 e. The van der Waals surface area contributed by atoms with Crippen molar-refractivity contribution in [3.8, 4) is 0 Å². The molecule has 15 heavy (non-hydrogen) atoms. The van der Waals surface area contributed by atoms with Crippen LogP contribution in [-0.4, -0.2) is 22.2 Å². The van der Waals surface area contributed by atoms with Crippen LogP contribution in [0.3, 0.4) is 0 Å². The van der Waals surface area contributed by atoms with Crippen molar-refractivity contribution in [2.24, 2.45) is 0 Å². The van der Waals surface area contributed by atoms with Crippen molar-refractivity contribution < 1.29 is 19.8 Å². The zero-order valence-corrected chi connectivity index (χ0v) is 8.91. The van der Waals surface area contributed by atoms with Crippen molar-refractivity contribution in [2.45, 2.75) is 12.7 Å². The molecule has 0 unspecified atom stereocenters. The number of carbonyl (C=O) groups is 2. The summed E-state index contributed by atoms with van der Waals surface area (Å²) < 4.78 is 0. The first-order chi connectivity index (χ1) is 6.97. The monoisotopic (exact) mass is 226 g/mol. The summed E-state index contributed by atoms with van der Waals surface area (Å²) in [5, 5.41) is 17.7. The van der Waals surface area contributed by atoms with E-state index < -0.39 is 11.9 Å². The van der Waals surface area contributed by atoms with Crippen molar-refractivity contribution in [3.63, 3.8) is 0 Å². The quantitative estimate of drug-likeness (QED) is 0.687. The Morgan fingerprint density at radius 1 is 1.27 bits per heavy atom. The third-order valence-corrected chi connectivity index (χ3v) is 2.42. The molecule has 1 aromatic carbocycles. The van der Waals surface area contributed by atoms with Crippen LogP contribution in [0.4, 0.5) is 0 Å². The molecule has 0 amide bonds.